The van der Waals surface area contributed by atoms with E-state index in [1.165, 1.54) is 24.3 Å². The number of phenols is 1. The number of phosphoric acid groups is 1. The molecule has 5 nitrogen and oxygen atoms in total. The number of phosphoric ester groups is 1. The molecule has 0 amide bonds. The van der Waals surface area contributed by atoms with Crippen molar-refractivity contribution in [3.05, 3.63) is 24.3 Å². The first-order chi connectivity index (χ1) is 5.49. The number of rotatable bonds is 2. The normalized spacial score (nSPS) is 11.2. The number of hydrogen-bond acceptors (Lipinski definition) is 3. The Balaban J connectivity index is 2.90. The molecular formula is C6H7O5P. The monoisotopic (exact) mass is 190 g/mol. The van der Waals surface area contributed by atoms with Crippen LogP contribution in [0.25, 0.3) is 0 Å². The predicted molar refractivity (Wildman–Crippen MR) is 40.8 cm³/mol. The molecule has 12 heavy (non-hydrogen) atoms. The Hall–Kier alpha value is -1.03. The van der Waals surface area contributed by atoms with Crippen LogP contribution in [0.15, 0.2) is 24.3 Å². The zero-order valence-corrected chi connectivity index (χ0v) is 6.81. The third kappa shape index (κ3) is 2.54. The Morgan fingerprint density at radius 1 is 1.25 bits per heavy atom. The summed E-state index contributed by atoms with van der Waals surface area (Å²) in [6.45, 7) is 0. The second kappa shape index (κ2) is 3.15. The van der Waals surface area contributed by atoms with Gasteiger partial charge in [0.1, 0.15) is 0 Å². The van der Waals surface area contributed by atoms with Crippen molar-refractivity contribution in [3.8, 4) is 11.5 Å². The lowest BCUT2D eigenvalue weighted by Gasteiger charge is -2.06. The summed E-state index contributed by atoms with van der Waals surface area (Å²) < 4.78 is 14.5. The van der Waals surface area contributed by atoms with Crippen molar-refractivity contribution in [1.29, 1.82) is 0 Å². The van der Waals surface area contributed by atoms with Gasteiger partial charge in [0.25, 0.3) is 0 Å². The minimum absolute atomic E-state index is 0.231. The maximum Gasteiger partial charge on any atom is 0.524 e. The molecule has 6 heteroatoms. The molecule has 0 heterocycles. The van der Waals surface area contributed by atoms with Gasteiger partial charge in [-0.2, -0.15) is 0 Å². The van der Waals surface area contributed by atoms with Crippen molar-refractivity contribution >= 4 is 7.82 Å². The highest BCUT2D eigenvalue weighted by atomic mass is 31.2. The Labute approximate surface area is 68.5 Å². The predicted octanol–water partition coefficient (Wildman–Crippen LogP) is 0.864. The van der Waals surface area contributed by atoms with Gasteiger partial charge >= 0.3 is 7.82 Å². The first-order valence-corrected chi connectivity index (χ1v) is 4.55. The third-order valence-corrected chi connectivity index (χ3v) is 1.52. The van der Waals surface area contributed by atoms with E-state index in [0.29, 0.717) is 0 Å². The molecule has 66 valence electrons. The van der Waals surface area contributed by atoms with Gasteiger partial charge < -0.3 is 9.63 Å². The van der Waals surface area contributed by atoms with Crippen LogP contribution in [0.5, 0.6) is 11.5 Å². The zero-order chi connectivity index (χ0) is 9.19. The van der Waals surface area contributed by atoms with Gasteiger partial charge in [0, 0.05) is 0 Å². The van der Waals surface area contributed by atoms with Gasteiger partial charge in [-0.05, 0) is 12.1 Å². The number of hydrogen-bond donors (Lipinski definition) is 3. The molecule has 1 rings (SSSR count). The molecule has 3 N–H and O–H groups in total. The quantitative estimate of drug-likeness (QED) is 0.602. The van der Waals surface area contributed by atoms with E-state index in [9.17, 15) is 4.57 Å². The van der Waals surface area contributed by atoms with Crippen LogP contribution < -0.4 is 4.52 Å². The van der Waals surface area contributed by atoms with E-state index >= 15 is 0 Å². The summed E-state index contributed by atoms with van der Waals surface area (Å²) in [5.74, 6) is -0.536. The molecule has 0 spiro atoms. The summed E-state index contributed by atoms with van der Waals surface area (Å²) in [4.78, 5) is 16.7. The van der Waals surface area contributed by atoms with E-state index < -0.39 is 7.82 Å². The average molecular weight is 190 g/mol. The molecule has 1 aromatic rings. The van der Waals surface area contributed by atoms with E-state index in [2.05, 4.69) is 4.52 Å². The molecule has 0 saturated heterocycles. The maximum absolute atomic E-state index is 10.3. The van der Waals surface area contributed by atoms with Crippen LogP contribution >= 0.6 is 7.82 Å². The largest absolute Gasteiger partial charge is 0.524 e. The summed E-state index contributed by atoms with van der Waals surface area (Å²) in [7, 11) is -4.57. The van der Waals surface area contributed by atoms with Crippen molar-refractivity contribution < 1.29 is 24.0 Å². The van der Waals surface area contributed by atoms with Gasteiger partial charge in [0.2, 0.25) is 0 Å². The highest BCUT2D eigenvalue weighted by molar-refractivity contribution is 7.46. The highest BCUT2D eigenvalue weighted by Gasteiger charge is 2.17. The van der Waals surface area contributed by atoms with Crippen molar-refractivity contribution in [1.82, 2.24) is 0 Å². The Morgan fingerprint density at radius 3 is 2.33 bits per heavy atom. The standard InChI is InChI=1S/C6H7O5P/c7-5-3-1-2-4-6(5)11-12(8,9)10/h1-4,7H,(H2,8,9,10). The molecule has 0 bridgehead atoms. The molecule has 0 unspecified atom stereocenters. The minimum Gasteiger partial charge on any atom is -0.504 e. The highest BCUT2D eigenvalue weighted by Crippen LogP contribution is 2.40. The second-order valence-electron chi connectivity index (χ2n) is 2.05. The first kappa shape index (κ1) is 9.06. The van der Waals surface area contributed by atoms with Gasteiger partial charge in [-0.3, -0.25) is 9.79 Å². The minimum atomic E-state index is -4.57. The average Bonchev–Trinajstić information content (AvgIpc) is 1.91. The molecule has 0 saturated carbocycles. The Kier molecular flexibility index (Phi) is 2.38. The number of benzene rings is 1. The molecule has 1 aromatic carbocycles. The van der Waals surface area contributed by atoms with Gasteiger partial charge in [-0.15, -0.1) is 0 Å². The summed E-state index contributed by atoms with van der Waals surface area (Å²) in [5, 5.41) is 9.01. The number of phenolic OH excluding ortho intramolecular Hbond substituents is 1. The van der Waals surface area contributed by atoms with E-state index in [1.54, 1.807) is 0 Å². The fraction of sp³-hybridized carbons (Fsp3) is 0. The van der Waals surface area contributed by atoms with Crippen LogP contribution in [0.4, 0.5) is 0 Å². The topological polar surface area (TPSA) is 87.0 Å². The fourth-order valence-electron chi connectivity index (χ4n) is 0.662. The molecule has 0 radical (unpaired) electrons. The lowest BCUT2D eigenvalue weighted by molar-refractivity contribution is 0.278. The van der Waals surface area contributed by atoms with Crippen LogP contribution in [-0.4, -0.2) is 14.9 Å². The molecule has 0 atom stereocenters. The lowest BCUT2D eigenvalue weighted by atomic mass is 10.3. The smallest absolute Gasteiger partial charge is 0.504 e. The van der Waals surface area contributed by atoms with Crippen LogP contribution in [0, 0.1) is 0 Å². The maximum atomic E-state index is 10.3. The number of aromatic hydroxyl groups is 1. The van der Waals surface area contributed by atoms with Crippen molar-refractivity contribution in [3.63, 3.8) is 0 Å². The lowest BCUT2D eigenvalue weighted by Crippen LogP contribution is -1.89. The molecule has 0 aliphatic carbocycles. The number of para-hydroxylation sites is 2. The van der Waals surface area contributed by atoms with E-state index in [1.807, 2.05) is 0 Å². The molecule has 0 fully saturated rings. The first-order valence-electron chi connectivity index (χ1n) is 3.02. The third-order valence-electron chi connectivity index (χ3n) is 1.08. The van der Waals surface area contributed by atoms with Crippen LogP contribution in [0.2, 0.25) is 0 Å². The van der Waals surface area contributed by atoms with E-state index in [-0.39, 0.29) is 11.5 Å². The van der Waals surface area contributed by atoms with Crippen molar-refractivity contribution in [2.24, 2.45) is 0 Å². The molecule has 0 aliphatic rings. The summed E-state index contributed by atoms with van der Waals surface area (Å²) in [6, 6.07) is 5.53. The van der Waals surface area contributed by atoms with Crippen molar-refractivity contribution in [2.75, 3.05) is 0 Å². The van der Waals surface area contributed by atoms with Crippen molar-refractivity contribution in [2.45, 2.75) is 0 Å². The zero-order valence-electron chi connectivity index (χ0n) is 5.91. The summed E-state index contributed by atoms with van der Waals surface area (Å²) in [5.41, 5.74) is 0. The van der Waals surface area contributed by atoms with E-state index in [4.69, 9.17) is 14.9 Å². The van der Waals surface area contributed by atoms with Crippen LogP contribution in [0.1, 0.15) is 0 Å². The summed E-state index contributed by atoms with van der Waals surface area (Å²) in [6.07, 6.45) is 0. The molecule has 0 aromatic heterocycles. The van der Waals surface area contributed by atoms with Gasteiger partial charge in [-0.25, -0.2) is 4.57 Å². The summed E-state index contributed by atoms with van der Waals surface area (Å²) >= 11 is 0. The van der Waals surface area contributed by atoms with Gasteiger partial charge in [0.15, 0.2) is 11.5 Å². The Bertz CT molecular complexity index is 317. The molecule has 0 aliphatic heterocycles. The SMILES string of the molecule is O=P(O)(O)Oc1ccccc1O. The van der Waals surface area contributed by atoms with Crippen LogP contribution in [0.3, 0.4) is 0 Å². The fourth-order valence-corrected chi connectivity index (χ4v) is 1.07. The van der Waals surface area contributed by atoms with E-state index in [0.717, 1.165) is 0 Å². The van der Waals surface area contributed by atoms with Crippen LogP contribution in [-0.2, 0) is 4.57 Å². The Morgan fingerprint density at radius 2 is 1.83 bits per heavy atom. The molecular weight excluding hydrogens is 183 g/mol. The second-order valence-corrected chi connectivity index (χ2v) is 3.21. The van der Waals surface area contributed by atoms with Gasteiger partial charge in [0.05, 0.1) is 0 Å². The van der Waals surface area contributed by atoms with Gasteiger partial charge in [-0.1, -0.05) is 12.1 Å².